The molecule has 4 N–H and O–H groups in total. The van der Waals surface area contributed by atoms with Gasteiger partial charge in [0.05, 0.1) is 25.3 Å². The lowest BCUT2D eigenvalue weighted by Crippen LogP contribution is -2.20. The van der Waals surface area contributed by atoms with Gasteiger partial charge in [0.1, 0.15) is 11.6 Å². The molecule has 174 valence electrons. The summed E-state index contributed by atoms with van der Waals surface area (Å²) < 4.78 is 29.2. The number of methoxy groups -OCH3 is 2. The van der Waals surface area contributed by atoms with Crippen molar-refractivity contribution in [2.24, 2.45) is 5.73 Å². The van der Waals surface area contributed by atoms with Crippen LogP contribution in [0, 0.1) is 5.82 Å². The Morgan fingerprint density at radius 3 is 2.32 bits per heavy atom. The van der Waals surface area contributed by atoms with E-state index >= 15 is 0 Å². The molecule has 0 unspecified atom stereocenters. The van der Waals surface area contributed by atoms with Gasteiger partial charge in [-0.05, 0) is 54.6 Å². The number of H-pyrrole nitrogens is 1. The highest BCUT2D eigenvalue weighted by atomic mass is 19.1. The molecule has 9 nitrogen and oxygen atoms in total. The summed E-state index contributed by atoms with van der Waals surface area (Å²) in [6, 6.07) is 14.1. The fourth-order valence-electron chi connectivity index (χ4n) is 3.33. The molecule has 4 rings (SSSR count). The standard InChI is InChI=1S/C24H21FN4O5/c1-32-19-9-14(10-20(33-2)22(19)34-12-21(26)30)24(31)27-16-7-8-17-18(11-16)29-23(28-17)13-3-5-15(25)6-4-13/h3-11H,12H2,1-2H3,(H2,26,30)(H,27,31)(H,28,29). The lowest BCUT2D eigenvalue weighted by atomic mass is 10.1. The number of anilines is 1. The largest absolute Gasteiger partial charge is 0.493 e. The van der Waals surface area contributed by atoms with Crippen molar-refractivity contribution < 1.29 is 28.2 Å². The minimum absolute atomic E-state index is 0.160. The zero-order valence-electron chi connectivity index (χ0n) is 18.3. The molecule has 3 aromatic carbocycles. The molecule has 2 amide bonds. The predicted octanol–water partition coefficient (Wildman–Crippen LogP) is 3.50. The number of hydrogen-bond donors (Lipinski definition) is 3. The maximum Gasteiger partial charge on any atom is 0.255 e. The Balaban J connectivity index is 1.58. The first kappa shape index (κ1) is 22.6. The number of nitrogens with one attached hydrogen (secondary N) is 2. The number of ether oxygens (including phenoxy) is 3. The van der Waals surface area contributed by atoms with E-state index in [-0.39, 0.29) is 35.2 Å². The Morgan fingerprint density at radius 2 is 1.71 bits per heavy atom. The minimum Gasteiger partial charge on any atom is -0.493 e. The highest BCUT2D eigenvalue weighted by molar-refractivity contribution is 6.05. The van der Waals surface area contributed by atoms with Crippen LogP contribution in [0.25, 0.3) is 22.4 Å². The average Bonchev–Trinajstić information content (AvgIpc) is 3.25. The molecule has 10 heteroatoms. The second-order valence-electron chi connectivity index (χ2n) is 7.24. The summed E-state index contributed by atoms with van der Waals surface area (Å²) >= 11 is 0. The molecule has 4 aromatic rings. The van der Waals surface area contributed by atoms with Gasteiger partial charge in [0, 0.05) is 16.8 Å². The van der Waals surface area contributed by atoms with Gasteiger partial charge < -0.3 is 30.2 Å². The lowest BCUT2D eigenvalue weighted by molar-refractivity contribution is -0.120. The third-order valence-electron chi connectivity index (χ3n) is 4.94. The third kappa shape index (κ3) is 4.75. The number of rotatable bonds is 8. The van der Waals surface area contributed by atoms with Gasteiger partial charge in [0.15, 0.2) is 18.1 Å². The number of carbonyl (C=O) groups excluding carboxylic acids is 2. The maximum atomic E-state index is 13.2. The van der Waals surface area contributed by atoms with Crippen molar-refractivity contribution >= 4 is 28.5 Å². The number of imidazole rings is 1. The van der Waals surface area contributed by atoms with Gasteiger partial charge in [0.2, 0.25) is 5.75 Å². The molecular formula is C24H21FN4O5. The summed E-state index contributed by atoms with van der Waals surface area (Å²) in [5.74, 6) is -0.256. The van der Waals surface area contributed by atoms with Gasteiger partial charge in [-0.15, -0.1) is 0 Å². The summed E-state index contributed by atoms with van der Waals surface area (Å²) in [4.78, 5) is 31.7. The fourth-order valence-corrected chi connectivity index (χ4v) is 3.33. The summed E-state index contributed by atoms with van der Waals surface area (Å²) in [5, 5.41) is 2.82. The normalized spacial score (nSPS) is 10.7. The van der Waals surface area contributed by atoms with Crippen molar-refractivity contribution in [3.05, 3.63) is 66.0 Å². The van der Waals surface area contributed by atoms with Crippen LogP contribution in [-0.2, 0) is 4.79 Å². The van der Waals surface area contributed by atoms with Crippen molar-refractivity contribution in [1.82, 2.24) is 9.97 Å². The van der Waals surface area contributed by atoms with Gasteiger partial charge in [-0.25, -0.2) is 9.37 Å². The van der Waals surface area contributed by atoms with Crippen LogP contribution >= 0.6 is 0 Å². The number of amides is 2. The topological polar surface area (TPSA) is 129 Å². The van der Waals surface area contributed by atoms with Gasteiger partial charge >= 0.3 is 0 Å². The van der Waals surface area contributed by atoms with E-state index in [9.17, 15) is 14.0 Å². The first-order chi connectivity index (χ1) is 16.4. The van der Waals surface area contributed by atoms with Crippen molar-refractivity contribution in [2.75, 3.05) is 26.1 Å². The van der Waals surface area contributed by atoms with Gasteiger partial charge in [0.25, 0.3) is 11.8 Å². The second kappa shape index (κ2) is 9.49. The predicted molar refractivity (Wildman–Crippen MR) is 124 cm³/mol. The smallest absolute Gasteiger partial charge is 0.255 e. The summed E-state index contributed by atoms with van der Waals surface area (Å²) in [7, 11) is 2.80. The van der Waals surface area contributed by atoms with Crippen LogP contribution in [0.5, 0.6) is 17.2 Å². The molecular weight excluding hydrogens is 443 g/mol. The number of primary amides is 1. The number of benzene rings is 3. The second-order valence-corrected chi connectivity index (χ2v) is 7.24. The summed E-state index contributed by atoms with van der Waals surface area (Å²) in [6.45, 7) is -0.373. The van der Waals surface area contributed by atoms with Crippen LogP contribution in [0.1, 0.15) is 10.4 Å². The molecule has 1 aromatic heterocycles. The quantitative estimate of drug-likeness (QED) is 0.366. The molecule has 0 fully saturated rings. The summed E-state index contributed by atoms with van der Waals surface area (Å²) in [6.07, 6.45) is 0. The van der Waals surface area contributed by atoms with Gasteiger partial charge in [-0.3, -0.25) is 9.59 Å². The van der Waals surface area contributed by atoms with Crippen LogP contribution in [0.15, 0.2) is 54.6 Å². The first-order valence-corrected chi connectivity index (χ1v) is 10.1. The van der Waals surface area contributed by atoms with Crippen LogP contribution in [-0.4, -0.2) is 42.6 Å². The van der Waals surface area contributed by atoms with Gasteiger partial charge in [-0.2, -0.15) is 0 Å². The number of nitrogens with zero attached hydrogens (tertiary/aromatic N) is 1. The van der Waals surface area contributed by atoms with E-state index in [4.69, 9.17) is 19.9 Å². The Bertz CT molecular complexity index is 1340. The zero-order chi connectivity index (χ0) is 24.2. The minimum atomic E-state index is -0.664. The first-order valence-electron chi connectivity index (χ1n) is 10.1. The molecule has 0 saturated heterocycles. The number of hydrogen-bond acceptors (Lipinski definition) is 6. The number of carbonyl (C=O) groups is 2. The molecule has 0 aliphatic carbocycles. The van der Waals surface area contributed by atoms with E-state index in [0.29, 0.717) is 22.5 Å². The zero-order valence-corrected chi connectivity index (χ0v) is 18.3. The Morgan fingerprint density at radius 1 is 1.03 bits per heavy atom. The van der Waals surface area contributed by atoms with Gasteiger partial charge in [-0.1, -0.05) is 0 Å². The molecule has 0 radical (unpaired) electrons. The molecule has 0 aliphatic heterocycles. The van der Waals surface area contributed by atoms with Crippen molar-refractivity contribution in [1.29, 1.82) is 0 Å². The highest BCUT2D eigenvalue weighted by Gasteiger charge is 2.19. The molecule has 0 saturated carbocycles. The van der Waals surface area contributed by atoms with Crippen LogP contribution < -0.4 is 25.3 Å². The SMILES string of the molecule is COc1cc(C(=O)Nc2ccc3nc(-c4ccc(F)cc4)[nH]c3c2)cc(OC)c1OCC(N)=O. The molecule has 34 heavy (non-hydrogen) atoms. The maximum absolute atomic E-state index is 13.2. The third-order valence-corrected chi connectivity index (χ3v) is 4.94. The molecule has 0 atom stereocenters. The number of aromatic amines is 1. The number of halogens is 1. The number of aromatic nitrogens is 2. The van der Waals surface area contributed by atoms with Crippen molar-refractivity contribution in [2.45, 2.75) is 0 Å². The fraction of sp³-hybridized carbons (Fsp3) is 0.125. The van der Waals surface area contributed by atoms with E-state index in [1.807, 2.05) is 0 Å². The number of fused-ring (bicyclic) bond motifs is 1. The van der Waals surface area contributed by atoms with Crippen LogP contribution in [0.2, 0.25) is 0 Å². The van der Waals surface area contributed by atoms with E-state index in [2.05, 4.69) is 15.3 Å². The molecule has 0 aliphatic rings. The molecule has 0 spiro atoms. The molecule has 1 heterocycles. The van der Waals surface area contributed by atoms with Crippen molar-refractivity contribution in [3.63, 3.8) is 0 Å². The summed E-state index contributed by atoms with van der Waals surface area (Å²) in [5.41, 5.74) is 8.03. The van der Waals surface area contributed by atoms with Crippen molar-refractivity contribution in [3.8, 4) is 28.6 Å². The Kier molecular flexibility index (Phi) is 6.30. The molecule has 0 bridgehead atoms. The van der Waals surface area contributed by atoms with E-state index in [0.717, 1.165) is 5.56 Å². The Labute approximate surface area is 193 Å². The van der Waals surface area contributed by atoms with E-state index in [1.165, 1.54) is 38.5 Å². The average molecular weight is 464 g/mol. The Hall–Kier alpha value is -4.60. The van der Waals surface area contributed by atoms with E-state index < -0.39 is 11.8 Å². The monoisotopic (exact) mass is 464 g/mol. The lowest BCUT2D eigenvalue weighted by Gasteiger charge is -2.15. The number of nitrogens with two attached hydrogens (primary N) is 1. The van der Waals surface area contributed by atoms with Crippen LogP contribution in [0.4, 0.5) is 10.1 Å². The van der Waals surface area contributed by atoms with E-state index in [1.54, 1.807) is 30.3 Å². The van der Waals surface area contributed by atoms with Crippen LogP contribution in [0.3, 0.4) is 0 Å². The highest BCUT2D eigenvalue weighted by Crippen LogP contribution is 2.38.